The largest absolute Gasteiger partial charge is 0.573 e. The summed E-state index contributed by atoms with van der Waals surface area (Å²) in [5.74, 6) is -0.223. The van der Waals surface area contributed by atoms with Crippen LogP contribution in [-0.2, 0) is 6.42 Å². The number of benzene rings is 2. The third kappa shape index (κ3) is 3.99. The highest BCUT2D eigenvalue weighted by molar-refractivity contribution is 5.64. The molecule has 106 valence electrons. The molecule has 0 heterocycles. The molecule has 0 atom stereocenters. The van der Waals surface area contributed by atoms with Crippen molar-refractivity contribution in [1.29, 1.82) is 0 Å². The van der Waals surface area contributed by atoms with E-state index in [1.54, 1.807) is 12.1 Å². The maximum Gasteiger partial charge on any atom is 0.573 e. The minimum atomic E-state index is -4.66. The number of ether oxygens (including phenoxy) is 1. The molecule has 5 heteroatoms. The van der Waals surface area contributed by atoms with Gasteiger partial charge in [0.25, 0.3) is 0 Å². The van der Waals surface area contributed by atoms with Gasteiger partial charge in [-0.25, -0.2) is 0 Å². The lowest BCUT2D eigenvalue weighted by Gasteiger charge is -2.10. The first-order valence-corrected chi connectivity index (χ1v) is 6.13. The van der Waals surface area contributed by atoms with Crippen LogP contribution in [0.3, 0.4) is 0 Å². The average Bonchev–Trinajstić information content (AvgIpc) is 2.38. The van der Waals surface area contributed by atoms with Gasteiger partial charge in [0, 0.05) is 0 Å². The van der Waals surface area contributed by atoms with Crippen molar-refractivity contribution in [2.45, 2.75) is 12.8 Å². The molecule has 20 heavy (non-hydrogen) atoms. The highest BCUT2D eigenvalue weighted by atomic mass is 19.4. The van der Waals surface area contributed by atoms with Crippen LogP contribution in [0, 0.1) is 0 Å². The van der Waals surface area contributed by atoms with E-state index in [-0.39, 0.29) is 5.75 Å². The number of hydrogen-bond donors (Lipinski definition) is 1. The summed E-state index contributed by atoms with van der Waals surface area (Å²) >= 11 is 0. The summed E-state index contributed by atoms with van der Waals surface area (Å²) in [5.41, 5.74) is 8.37. The van der Waals surface area contributed by atoms with Crippen molar-refractivity contribution >= 4 is 0 Å². The van der Waals surface area contributed by atoms with E-state index in [1.165, 1.54) is 12.1 Å². The summed E-state index contributed by atoms with van der Waals surface area (Å²) in [4.78, 5) is 0. The normalized spacial score (nSPS) is 11.4. The van der Waals surface area contributed by atoms with Gasteiger partial charge < -0.3 is 10.5 Å². The van der Waals surface area contributed by atoms with E-state index in [0.717, 1.165) is 23.1 Å². The van der Waals surface area contributed by atoms with E-state index >= 15 is 0 Å². The van der Waals surface area contributed by atoms with E-state index in [9.17, 15) is 13.2 Å². The molecule has 2 rings (SSSR count). The summed E-state index contributed by atoms with van der Waals surface area (Å²) in [5, 5.41) is 0. The van der Waals surface area contributed by atoms with Gasteiger partial charge in [0.1, 0.15) is 5.75 Å². The Labute approximate surface area is 115 Å². The smallest absolute Gasteiger partial charge is 0.406 e. The van der Waals surface area contributed by atoms with Gasteiger partial charge in [-0.3, -0.25) is 0 Å². The Bertz CT molecular complexity index is 564. The fraction of sp³-hybridized carbons (Fsp3) is 0.200. The second-order valence-corrected chi connectivity index (χ2v) is 4.31. The molecule has 0 aromatic heterocycles. The van der Waals surface area contributed by atoms with Gasteiger partial charge in [0.05, 0.1) is 0 Å². The Kier molecular flexibility index (Phi) is 4.29. The summed E-state index contributed by atoms with van der Waals surface area (Å²) in [7, 11) is 0. The monoisotopic (exact) mass is 281 g/mol. The van der Waals surface area contributed by atoms with Crippen molar-refractivity contribution in [3.63, 3.8) is 0 Å². The molecule has 2 aromatic carbocycles. The van der Waals surface area contributed by atoms with Gasteiger partial charge in [0.2, 0.25) is 0 Å². The van der Waals surface area contributed by atoms with Crippen LogP contribution in [0.5, 0.6) is 5.75 Å². The molecule has 0 amide bonds. The molecule has 0 spiro atoms. The molecule has 0 aliphatic rings. The third-order valence-electron chi connectivity index (χ3n) is 2.78. The van der Waals surface area contributed by atoms with Crippen LogP contribution in [0.4, 0.5) is 13.2 Å². The first kappa shape index (κ1) is 14.4. The number of nitrogens with two attached hydrogens (primary N) is 1. The molecule has 0 bridgehead atoms. The first-order valence-electron chi connectivity index (χ1n) is 6.13. The Balaban J connectivity index is 2.19. The average molecular weight is 281 g/mol. The van der Waals surface area contributed by atoms with E-state index in [2.05, 4.69) is 4.74 Å². The highest BCUT2D eigenvalue weighted by Crippen LogP contribution is 2.26. The zero-order valence-electron chi connectivity index (χ0n) is 10.7. The molecule has 2 nitrogen and oxygen atoms in total. The molecule has 0 fully saturated rings. The second kappa shape index (κ2) is 5.96. The summed E-state index contributed by atoms with van der Waals surface area (Å²) < 4.78 is 40.0. The van der Waals surface area contributed by atoms with Crippen molar-refractivity contribution in [3.8, 4) is 16.9 Å². The predicted octanol–water partition coefficient (Wildman–Crippen LogP) is 3.75. The molecule has 0 saturated heterocycles. The fourth-order valence-corrected chi connectivity index (χ4v) is 1.92. The van der Waals surface area contributed by atoms with Crippen molar-refractivity contribution < 1.29 is 17.9 Å². The SMILES string of the molecule is NCCc1cccc(-c2ccc(OC(F)(F)F)cc2)c1. The van der Waals surface area contributed by atoms with Crippen LogP contribution in [0.1, 0.15) is 5.56 Å². The lowest BCUT2D eigenvalue weighted by Crippen LogP contribution is -2.16. The van der Waals surface area contributed by atoms with Crippen molar-refractivity contribution in [3.05, 3.63) is 54.1 Å². The van der Waals surface area contributed by atoms with Crippen molar-refractivity contribution in [1.82, 2.24) is 0 Å². The molecule has 0 aliphatic carbocycles. The number of rotatable bonds is 4. The number of halogens is 3. The lowest BCUT2D eigenvalue weighted by molar-refractivity contribution is -0.274. The van der Waals surface area contributed by atoms with Gasteiger partial charge in [-0.15, -0.1) is 13.2 Å². The molecular weight excluding hydrogens is 267 g/mol. The summed E-state index contributed by atoms with van der Waals surface area (Å²) in [6.07, 6.45) is -3.90. The Hall–Kier alpha value is -2.01. The topological polar surface area (TPSA) is 35.2 Å². The maximum absolute atomic E-state index is 12.1. The van der Waals surface area contributed by atoms with E-state index < -0.39 is 6.36 Å². The first-order chi connectivity index (χ1) is 9.48. The van der Waals surface area contributed by atoms with Gasteiger partial charge in [-0.1, -0.05) is 36.4 Å². The molecule has 2 aromatic rings. The molecule has 0 saturated carbocycles. The van der Waals surface area contributed by atoms with Gasteiger partial charge >= 0.3 is 6.36 Å². The Morgan fingerprint density at radius 2 is 1.65 bits per heavy atom. The zero-order valence-corrected chi connectivity index (χ0v) is 10.7. The minimum Gasteiger partial charge on any atom is -0.406 e. The van der Waals surface area contributed by atoms with Crippen LogP contribution in [0.15, 0.2) is 48.5 Å². The Morgan fingerprint density at radius 3 is 2.25 bits per heavy atom. The van der Waals surface area contributed by atoms with Crippen LogP contribution in [-0.4, -0.2) is 12.9 Å². The quantitative estimate of drug-likeness (QED) is 0.926. The Morgan fingerprint density at radius 1 is 0.950 bits per heavy atom. The highest BCUT2D eigenvalue weighted by Gasteiger charge is 2.30. The third-order valence-corrected chi connectivity index (χ3v) is 2.78. The van der Waals surface area contributed by atoms with Crippen LogP contribution >= 0.6 is 0 Å². The van der Waals surface area contributed by atoms with Crippen molar-refractivity contribution in [2.75, 3.05) is 6.54 Å². The molecule has 2 N–H and O–H groups in total. The maximum atomic E-state index is 12.1. The van der Waals surface area contributed by atoms with Crippen LogP contribution in [0.2, 0.25) is 0 Å². The zero-order chi connectivity index (χ0) is 14.6. The minimum absolute atomic E-state index is 0.223. The van der Waals surface area contributed by atoms with Crippen LogP contribution in [0.25, 0.3) is 11.1 Å². The molecular formula is C15H14F3NO. The van der Waals surface area contributed by atoms with Gasteiger partial charge in [-0.05, 0) is 41.8 Å². The van der Waals surface area contributed by atoms with Gasteiger partial charge in [-0.2, -0.15) is 0 Å². The number of alkyl halides is 3. The van der Waals surface area contributed by atoms with E-state index in [0.29, 0.717) is 6.54 Å². The number of hydrogen-bond acceptors (Lipinski definition) is 2. The standard InChI is InChI=1S/C15H14F3NO/c16-15(17,18)20-14-6-4-12(5-7-14)13-3-1-2-11(10-13)8-9-19/h1-7,10H,8-9,19H2. The predicted molar refractivity (Wildman–Crippen MR) is 71.3 cm³/mol. The summed E-state index contributed by atoms with van der Waals surface area (Å²) in [6.45, 7) is 0.557. The van der Waals surface area contributed by atoms with Gasteiger partial charge in [0.15, 0.2) is 0 Å². The van der Waals surface area contributed by atoms with Crippen LogP contribution < -0.4 is 10.5 Å². The van der Waals surface area contributed by atoms with E-state index in [1.807, 2.05) is 24.3 Å². The second-order valence-electron chi connectivity index (χ2n) is 4.31. The lowest BCUT2D eigenvalue weighted by atomic mass is 10.0. The molecule has 0 unspecified atom stereocenters. The van der Waals surface area contributed by atoms with E-state index in [4.69, 9.17) is 5.73 Å². The fourth-order valence-electron chi connectivity index (χ4n) is 1.92. The molecule has 0 aliphatic heterocycles. The summed E-state index contributed by atoms with van der Waals surface area (Å²) in [6, 6.07) is 13.6. The molecule has 0 radical (unpaired) electrons. The van der Waals surface area contributed by atoms with Crippen molar-refractivity contribution in [2.24, 2.45) is 5.73 Å².